The van der Waals surface area contributed by atoms with E-state index in [1.807, 2.05) is 36.4 Å². The van der Waals surface area contributed by atoms with Crippen molar-refractivity contribution in [2.24, 2.45) is 0 Å². The van der Waals surface area contributed by atoms with Gasteiger partial charge >= 0.3 is 0 Å². The summed E-state index contributed by atoms with van der Waals surface area (Å²) in [5.74, 6) is -0.271. The van der Waals surface area contributed by atoms with E-state index in [9.17, 15) is 4.79 Å². The molecule has 4 nitrogen and oxygen atoms in total. The van der Waals surface area contributed by atoms with Crippen LogP contribution in [0.15, 0.2) is 30.3 Å². The molecule has 0 bridgehead atoms. The molecule has 1 amide bonds. The molecule has 78 valence electrons. The Morgan fingerprint density at radius 3 is 2.80 bits per heavy atom. The number of rotatable bonds is 5. The van der Waals surface area contributed by atoms with Crippen LogP contribution in [0.25, 0.3) is 0 Å². The number of hydrogen-bond acceptors (Lipinski definition) is 3. The Morgan fingerprint density at radius 2 is 2.13 bits per heavy atom. The molecule has 1 aromatic carbocycles. The normalized spacial score (nSPS) is 9.27. The maximum atomic E-state index is 11.0. The largest absolute Gasteiger partial charge is 0.273 e. The van der Waals surface area contributed by atoms with Gasteiger partial charge in [0, 0.05) is 12.8 Å². The molecule has 0 radical (unpaired) electrons. The second-order valence-corrected chi connectivity index (χ2v) is 2.96. The van der Waals surface area contributed by atoms with E-state index in [1.165, 1.54) is 0 Å². The highest BCUT2D eigenvalue weighted by Crippen LogP contribution is 1.99. The second kappa shape index (κ2) is 6.57. The Hall–Kier alpha value is -1.86. The molecular formula is C11H12N2O2. The fourth-order valence-electron chi connectivity index (χ4n) is 0.995. The molecule has 4 heteroatoms. The summed E-state index contributed by atoms with van der Waals surface area (Å²) < 4.78 is 0. The lowest BCUT2D eigenvalue weighted by atomic mass is 10.2. The number of amides is 1. The van der Waals surface area contributed by atoms with Crippen LogP contribution in [0.3, 0.4) is 0 Å². The van der Waals surface area contributed by atoms with Gasteiger partial charge in [0.2, 0.25) is 5.91 Å². The maximum absolute atomic E-state index is 11.0. The fourth-order valence-corrected chi connectivity index (χ4v) is 0.995. The molecule has 0 saturated carbocycles. The molecule has 0 fully saturated rings. The minimum Gasteiger partial charge on any atom is -0.273 e. The molecular weight excluding hydrogens is 192 g/mol. The molecule has 0 atom stereocenters. The zero-order valence-corrected chi connectivity index (χ0v) is 8.27. The first kappa shape index (κ1) is 11.2. The standard InChI is InChI=1S/C11H12N2O2/c12-8-4-7-11(14)13-15-9-10-5-2-1-3-6-10/h1-3,5-6H,4,7,9H2,(H,13,14). The van der Waals surface area contributed by atoms with Crippen molar-refractivity contribution in [3.8, 4) is 6.07 Å². The van der Waals surface area contributed by atoms with Crippen LogP contribution >= 0.6 is 0 Å². The van der Waals surface area contributed by atoms with Gasteiger partial charge in [0.15, 0.2) is 0 Å². The van der Waals surface area contributed by atoms with E-state index in [4.69, 9.17) is 10.1 Å². The number of nitriles is 1. The molecule has 1 N–H and O–H groups in total. The van der Waals surface area contributed by atoms with Crippen LogP contribution < -0.4 is 5.48 Å². The van der Waals surface area contributed by atoms with E-state index in [-0.39, 0.29) is 18.7 Å². The minimum atomic E-state index is -0.271. The van der Waals surface area contributed by atoms with Gasteiger partial charge in [-0.15, -0.1) is 0 Å². The predicted octanol–water partition coefficient (Wildman–Crippen LogP) is 1.54. The predicted molar refractivity (Wildman–Crippen MR) is 54.2 cm³/mol. The Kier molecular flexibility index (Phi) is 4.91. The van der Waals surface area contributed by atoms with Crippen LogP contribution in [0, 0.1) is 11.3 Å². The van der Waals surface area contributed by atoms with Crippen molar-refractivity contribution in [3.63, 3.8) is 0 Å². The molecule has 0 spiro atoms. The van der Waals surface area contributed by atoms with Gasteiger partial charge in [-0.2, -0.15) is 5.26 Å². The highest BCUT2D eigenvalue weighted by Gasteiger charge is 1.99. The van der Waals surface area contributed by atoms with Crippen molar-refractivity contribution in [3.05, 3.63) is 35.9 Å². The molecule has 1 rings (SSSR count). The van der Waals surface area contributed by atoms with Crippen molar-refractivity contribution >= 4 is 5.91 Å². The smallest absolute Gasteiger partial charge is 0.244 e. The minimum absolute atomic E-state index is 0.172. The average molecular weight is 204 g/mol. The Balaban J connectivity index is 2.17. The zero-order chi connectivity index (χ0) is 10.9. The van der Waals surface area contributed by atoms with E-state index in [0.717, 1.165) is 5.56 Å². The van der Waals surface area contributed by atoms with E-state index >= 15 is 0 Å². The summed E-state index contributed by atoms with van der Waals surface area (Å²) in [5.41, 5.74) is 3.26. The van der Waals surface area contributed by atoms with Gasteiger partial charge in [0.25, 0.3) is 0 Å². The molecule has 0 aliphatic carbocycles. The van der Waals surface area contributed by atoms with Gasteiger partial charge < -0.3 is 0 Å². The van der Waals surface area contributed by atoms with Gasteiger partial charge in [-0.1, -0.05) is 30.3 Å². The summed E-state index contributed by atoms with van der Waals surface area (Å²) in [5, 5.41) is 8.25. The molecule has 1 aromatic rings. The summed E-state index contributed by atoms with van der Waals surface area (Å²) >= 11 is 0. The first-order valence-electron chi connectivity index (χ1n) is 4.64. The van der Waals surface area contributed by atoms with Crippen molar-refractivity contribution in [2.75, 3.05) is 0 Å². The summed E-state index contributed by atoms with van der Waals surface area (Å²) in [7, 11) is 0. The summed E-state index contributed by atoms with van der Waals surface area (Å²) in [6, 6.07) is 11.4. The third kappa shape index (κ3) is 4.79. The molecule has 0 aromatic heterocycles. The van der Waals surface area contributed by atoms with Crippen molar-refractivity contribution < 1.29 is 9.63 Å². The van der Waals surface area contributed by atoms with Crippen LogP contribution in [-0.4, -0.2) is 5.91 Å². The molecule has 15 heavy (non-hydrogen) atoms. The number of hydroxylamine groups is 1. The first-order chi connectivity index (χ1) is 7.33. The van der Waals surface area contributed by atoms with Gasteiger partial charge in [-0.05, 0) is 5.56 Å². The fraction of sp³-hybridized carbons (Fsp3) is 0.273. The Labute approximate surface area is 88.4 Å². The summed E-state index contributed by atoms with van der Waals surface area (Å²) in [4.78, 5) is 16.0. The topological polar surface area (TPSA) is 62.1 Å². The number of nitrogens with zero attached hydrogens (tertiary/aromatic N) is 1. The number of carbonyl (C=O) groups excluding carboxylic acids is 1. The number of carbonyl (C=O) groups is 1. The van der Waals surface area contributed by atoms with E-state index in [1.54, 1.807) is 0 Å². The quantitative estimate of drug-likeness (QED) is 0.740. The lowest BCUT2D eigenvalue weighted by molar-refractivity contribution is -0.134. The third-order valence-corrected chi connectivity index (χ3v) is 1.73. The first-order valence-corrected chi connectivity index (χ1v) is 4.64. The van der Waals surface area contributed by atoms with Crippen LogP contribution in [0.5, 0.6) is 0 Å². The monoisotopic (exact) mass is 204 g/mol. The lowest BCUT2D eigenvalue weighted by Gasteiger charge is -2.04. The van der Waals surface area contributed by atoms with Crippen molar-refractivity contribution in [2.45, 2.75) is 19.4 Å². The van der Waals surface area contributed by atoms with Gasteiger partial charge in [0.05, 0.1) is 12.7 Å². The SMILES string of the molecule is N#CCCC(=O)NOCc1ccccc1. The number of hydrogen-bond donors (Lipinski definition) is 1. The van der Waals surface area contributed by atoms with Crippen LogP contribution in [-0.2, 0) is 16.2 Å². The summed E-state index contributed by atoms with van der Waals surface area (Å²) in [6.45, 7) is 0.332. The van der Waals surface area contributed by atoms with Crippen LogP contribution in [0.2, 0.25) is 0 Å². The third-order valence-electron chi connectivity index (χ3n) is 1.73. The molecule has 0 unspecified atom stereocenters. The molecule has 0 aliphatic rings. The highest BCUT2D eigenvalue weighted by atomic mass is 16.6. The van der Waals surface area contributed by atoms with E-state index in [2.05, 4.69) is 5.48 Å². The molecule has 0 heterocycles. The van der Waals surface area contributed by atoms with Crippen LogP contribution in [0.1, 0.15) is 18.4 Å². The summed E-state index contributed by atoms with van der Waals surface area (Å²) in [6.07, 6.45) is 0.381. The lowest BCUT2D eigenvalue weighted by Crippen LogP contribution is -2.22. The Morgan fingerprint density at radius 1 is 1.40 bits per heavy atom. The van der Waals surface area contributed by atoms with Gasteiger partial charge in [-0.3, -0.25) is 9.63 Å². The van der Waals surface area contributed by atoms with Crippen molar-refractivity contribution in [1.29, 1.82) is 5.26 Å². The highest BCUT2D eigenvalue weighted by molar-refractivity contribution is 5.74. The Bertz CT molecular complexity index is 343. The number of nitrogens with one attached hydrogen (secondary N) is 1. The second-order valence-electron chi connectivity index (χ2n) is 2.96. The van der Waals surface area contributed by atoms with E-state index in [0.29, 0.717) is 6.61 Å². The van der Waals surface area contributed by atoms with Crippen molar-refractivity contribution in [1.82, 2.24) is 5.48 Å². The van der Waals surface area contributed by atoms with Crippen LogP contribution in [0.4, 0.5) is 0 Å². The molecule has 0 saturated heterocycles. The average Bonchev–Trinajstić information content (AvgIpc) is 2.28. The molecule has 0 aliphatic heterocycles. The zero-order valence-electron chi connectivity index (χ0n) is 8.27. The van der Waals surface area contributed by atoms with Gasteiger partial charge in [0.1, 0.15) is 0 Å². The number of benzene rings is 1. The van der Waals surface area contributed by atoms with E-state index < -0.39 is 0 Å². The van der Waals surface area contributed by atoms with Gasteiger partial charge in [-0.25, -0.2) is 5.48 Å². The maximum Gasteiger partial charge on any atom is 0.244 e.